The highest BCUT2D eigenvalue weighted by Crippen LogP contribution is 2.22. The zero-order chi connectivity index (χ0) is 9.84. The van der Waals surface area contributed by atoms with E-state index in [1.165, 1.54) is 6.07 Å². The summed E-state index contributed by atoms with van der Waals surface area (Å²) >= 11 is 0. The average molecular weight is 178 g/mol. The largest absolute Gasteiger partial charge is 0.487 e. The highest BCUT2D eigenvalue weighted by molar-refractivity contribution is 5.45. The normalized spacial score (nSPS) is 9.77. The molecule has 0 N–H and O–H groups in total. The Morgan fingerprint density at radius 1 is 1.46 bits per heavy atom. The Morgan fingerprint density at radius 3 is 2.69 bits per heavy atom. The van der Waals surface area contributed by atoms with Crippen LogP contribution in [0.15, 0.2) is 18.2 Å². The second-order valence-corrected chi connectivity index (χ2v) is 2.93. The standard InChI is InChI=1S/C11H11FO/c1-4-9-6-5-7-10(12)11(9)13-8(2)3/h1,5-8H,2-3H3. The van der Waals surface area contributed by atoms with E-state index in [1.807, 2.05) is 13.8 Å². The van der Waals surface area contributed by atoms with Crippen molar-refractivity contribution in [2.45, 2.75) is 20.0 Å². The Bertz CT molecular complexity index is 336. The second kappa shape index (κ2) is 3.95. The molecule has 0 unspecified atom stereocenters. The van der Waals surface area contributed by atoms with Crippen LogP contribution in [0.3, 0.4) is 0 Å². The highest BCUT2D eigenvalue weighted by Gasteiger charge is 2.08. The van der Waals surface area contributed by atoms with E-state index in [-0.39, 0.29) is 11.9 Å². The topological polar surface area (TPSA) is 9.23 Å². The molecule has 0 aliphatic heterocycles. The van der Waals surface area contributed by atoms with E-state index in [1.54, 1.807) is 12.1 Å². The molecule has 1 nitrogen and oxygen atoms in total. The fraction of sp³-hybridized carbons (Fsp3) is 0.273. The van der Waals surface area contributed by atoms with Crippen molar-refractivity contribution < 1.29 is 9.13 Å². The maximum atomic E-state index is 13.2. The average Bonchev–Trinajstić information content (AvgIpc) is 2.08. The number of ether oxygens (including phenoxy) is 1. The summed E-state index contributed by atoms with van der Waals surface area (Å²) in [7, 11) is 0. The molecule has 1 aromatic carbocycles. The first-order valence-corrected chi connectivity index (χ1v) is 4.07. The lowest BCUT2D eigenvalue weighted by atomic mass is 10.2. The van der Waals surface area contributed by atoms with E-state index in [0.717, 1.165) is 0 Å². The number of terminal acetylenes is 1. The molecular weight excluding hydrogens is 167 g/mol. The maximum absolute atomic E-state index is 13.2. The van der Waals surface area contributed by atoms with E-state index in [0.29, 0.717) is 5.56 Å². The van der Waals surface area contributed by atoms with Crippen LogP contribution < -0.4 is 4.74 Å². The third-order valence-corrected chi connectivity index (χ3v) is 1.48. The van der Waals surface area contributed by atoms with Crippen LogP contribution in [-0.2, 0) is 0 Å². The van der Waals surface area contributed by atoms with Gasteiger partial charge in [0.25, 0.3) is 0 Å². The van der Waals surface area contributed by atoms with Gasteiger partial charge in [0.15, 0.2) is 11.6 Å². The van der Waals surface area contributed by atoms with Gasteiger partial charge in [0, 0.05) is 0 Å². The first-order chi connectivity index (χ1) is 6.15. The van der Waals surface area contributed by atoms with E-state index in [4.69, 9.17) is 11.2 Å². The number of hydrogen-bond acceptors (Lipinski definition) is 1. The monoisotopic (exact) mass is 178 g/mol. The van der Waals surface area contributed by atoms with Crippen LogP contribution in [0.2, 0.25) is 0 Å². The van der Waals surface area contributed by atoms with Crippen molar-refractivity contribution in [3.63, 3.8) is 0 Å². The molecule has 0 atom stereocenters. The molecule has 1 rings (SSSR count). The molecule has 0 amide bonds. The SMILES string of the molecule is C#Cc1cccc(F)c1OC(C)C. The fourth-order valence-electron chi connectivity index (χ4n) is 0.978. The summed E-state index contributed by atoms with van der Waals surface area (Å²) in [6, 6.07) is 4.55. The molecule has 0 aliphatic rings. The molecule has 2 heteroatoms. The Hall–Kier alpha value is -1.49. The van der Waals surface area contributed by atoms with Crippen LogP contribution in [0, 0.1) is 18.2 Å². The highest BCUT2D eigenvalue weighted by atomic mass is 19.1. The minimum atomic E-state index is -0.413. The molecule has 13 heavy (non-hydrogen) atoms. The van der Waals surface area contributed by atoms with Gasteiger partial charge in [-0.3, -0.25) is 0 Å². The lowest BCUT2D eigenvalue weighted by Gasteiger charge is -2.11. The Balaban J connectivity index is 3.10. The van der Waals surface area contributed by atoms with Gasteiger partial charge in [0.1, 0.15) is 0 Å². The Morgan fingerprint density at radius 2 is 2.15 bits per heavy atom. The summed E-state index contributed by atoms with van der Waals surface area (Å²) in [6.07, 6.45) is 5.12. The molecule has 0 aromatic heterocycles. The van der Waals surface area contributed by atoms with Crippen LogP contribution in [0.25, 0.3) is 0 Å². The quantitative estimate of drug-likeness (QED) is 0.632. The van der Waals surface area contributed by atoms with Gasteiger partial charge in [-0.25, -0.2) is 4.39 Å². The number of benzene rings is 1. The van der Waals surface area contributed by atoms with Crippen molar-refractivity contribution in [1.29, 1.82) is 0 Å². The van der Waals surface area contributed by atoms with E-state index in [2.05, 4.69) is 5.92 Å². The first kappa shape index (κ1) is 9.60. The summed E-state index contributed by atoms with van der Waals surface area (Å²) in [6.45, 7) is 3.65. The third kappa shape index (κ3) is 2.22. The third-order valence-electron chi connectivity index (χ3n) is 1.48. The van der Waals surface area contributed by atoms with Crippen molar-refractivity contribution in [2.24, 2.45) is 0 Å². The van der Waals surface area contributed by atoms with Gasteiger partial charge >= 0.3 is 0 Å². The van der Waals surface area contributed by atoms with Gasteiger partial charge in [-0.05, 0) is 26.0 Å². The van der Waals surface area contributed by atoms with Crippen molar-refractivity contribution in [1.82, 2.24) is 0 Å². The Labute approximate surface area is 77.5 Å². The minimum absolute atomic E-state index is 0.0796. The maximum Gasteiger partial charge on any atom is 0.170 e. The van der Waals surface area contributed by atoms with Gasteiger partial charge in [-0.1, -0.05) is 12.0 Å². The number of hydrogen-bond donors (Lipinski definition) is 0. The molecule has 0 saturated heterocycles. The molecule has 0 fully saturated rings. The van der Waals surface area contributed by atoms with Gasteiger partial charge in [0.05, 0.1) is 11.7 Å². The molecule has 1 aromatic rings. The molecule has 0 radical (unpaired) electrons. The molecule has 0 heterocycles. The zero-order valence-corrected chi connectivity index (χ0v) is 7.67. The molecule has 0 aliphatic carbocycles. The summed E-state index contributed by atoms with van der Waals surface area (Å²) in [5.41, 5.74) is 0.452. The summed E-state index contributed by atoms with van der Waals surface area (Å²) < 4.78 is 18.4. The molecule has 0 spiro atoms. The molecule has 68 valence electrons. The van der Waals surface area contributed by atoms with Crippen LogP contribution in [-0.4, -0.2) is 6.10 Å². The predicted molar refractivity (Wildman–Crippen MR) is 50.1 cm³/mol. The summed E-state index contributed by atoms with van der Waals surface area (Å²) in [5.74, 6) is 2.13. The van der Waals surface area contributed by atoms with Gasteiger partial charge in [-0.15, -0.1) is 6.42 Å². The van der Waals surface area contributed by atoms with Crippen molar-refractivity contribution in [2.75, 3.05) is 0 Å². The lowest BCUT2D eigenvalue weighted by molar-refractivity contribution is 0.230. The van der Waals surface area contributed by atoms with Crippen LogP contribution >= 0.6 is 0 Å². The lowest BCUT2D eigenvalue weighted by Crippen LogP contribution is -2.08. The van der Waals surface area contributed by atoms with E-state index >= 15 is 0 Å². The first-order valence-electron chi connectivity index (χ1n) is 4.07. The molecule has 0 bridgehead atoms. The van der Waals surface area contributed by atoms with Gasteiger partial charge < -0.3 is 4.74 Å². The van der Waals surface area contributed by atoms with Gasteiger partial charge in [-0.2, -0.15) is 0 Å². The molecule has 0 saturated carbocycles. The van der Waals surface area contributed by atoms with Crippen LogP contribution in [0.5, 0.6) is 5.75 Å². The van der Waals surface area contributed by atoms with Crippen molar-refractivity contribution in [3.05, 3.63) is 29.6 Å². The summed E-state index contributed by atoms with van der Waals surface area (Å²) in [5, 5.41) is 0. The second-order valence-electron chi connectivity index (χ2n) is 2.93. The number of para-hydroxylation sites is 1. The smallest absolute Gasteiger partial charge is 0.170 e. The molecular formula is C11H11FO. The zero-order valence-electron chi connectivity index (χ0n) is 7.67. The van der Waals surface area contributed by atoms with Crippen LogP contribution in [0.4, 0.5) is 4.39 Å². The van der Waals surface area contributed by atoms with Crippen molar-refractivity contribution in [3.8, 4) is 18.1 Å². The van der Waals surface area contributed by atoms with E-state index in [9.17, 15) is 4.39 Å². The number of halogens is 1. The van der Waals surface area contributed by atoms with Crippen LogP contribution in [0.1, 0.15) is 19.4 Å². The van der Waals surface area contributed by atoms with E-state index < -0.39 is 5.82 Å². The van der Waals surface area contributed by atoms with Crippen molar-refractivity contribution >= 4 is 0 Å². The fourth-order valence-corrected chi connectivity index (χ4v) is 0.978. The summed E-state index contributed by atoms with van der Waals surface area (Å²) in [4.78, 5) is 0. The number of rotatable bonds is 2. The minimum Gasteiger partial charge on any atom is -0.487 e. The predicted octanol–water partition coefficient (Wildman–Crippen LogP) is 2.59. The van der Waals surface area contributed by atoms with Gasteiger partial charge in [0.2, 0.25) is 0 Å². The Kier molecular flexibility index (Phi) is 2.92.